The predicted molar refractivity (Wildman–Crippen MR) is 46.0 cm³/mol. The fourth-order valence-corrected chi connectivity index (χ4v) is 0.808. The molecular formula is C8H18N2. The fourth-order valence-electron chi connectivity index (χ4n) is 0.808. The smallest absolute Gasteiger partial charge is 0.0141 e. The summed E-state index contributed by atoms with van der Waals surface area (Å²) in [6.45, 7) is 5.77. The second-order valence-electron chi connectivity index (χ2n) is 2.32. The zero-order chi connectivity index (χ0) is 7.66. The third-order valence-corrected chi connectivity index (χ3v) is 1.39. The SMILES string of the molecule is C=CNCCCCCNC. The van der Waals surface area contributed by atoms with Crippen molar-refractivity contribution < 1.29 is 0 Å². The average Bonchev–Trinajstić information content (AvgIpc) is 1.97. The van der Waals surface area contributed by atoms with Crippen molar-refractivity contribution in [1.29, 1.82) is 0 Å². The molecule has 0 radical (unpaired) electrons. The lowest BCUT2D eigenvalue weighted by molar-refractivity contribution is 0.628. The number of hydrogen-bond donors (Lipinski definition) is 2. The van der Waals surface area contributed by atoms with Gasteiger partial charge in [0.1, 0.15) is 0 Å². The Morgan fingerprint density at radius 2 is 1.90 bits per heavy atom. The van der Waals surface area contributed by atoms with E-state index in [2.05, 4.69) is 17.2 Å². The first-order chi connectivity index (χ1) is 4.91. The molecule has 0 rings (SSSR count). The van der Waals surface area contributed by atoms with Gasteiger partial charge in [0.15, 0.2) is 0 Å². The van der Waals surface area contributed by atoms with Crippen LogP contribution in [-0.4, -0.2) is 20.1 Å². The Labute approximate surface area is 63.7 Å². The lowest BCUT2D eigenvalue weighted by Gasteiger charge is -1.99. The van der Waals surface area contributed by atoms with Gasteiger partial charge in [0.2, 0.25) is 0 Å². The van der Waals surface area contributed by atoms with Gasteiger partial charge in [-0.3, -0.25) is 0 Å². The first-order valence-electron chi connectivity index (χ1n) is 3.90. The summed E-state index contributed by atoms with van der Waals surface area (Å²) in [5.41, 5.74) is 0. The van der Waals surface area contributed by atoms with E-state index in [1.807, 2.05) is 7.05 Å². The van der Waals surface area contributed by atoms with Gasteiger partial charge in [-0.15, -0.1) is 0 Å². The molecule has 2 N–H and O–H groups in total. The van der Waals surface area contributed by atoms with Crippen molar-refractivity contribution in [3.05, 3.63) is 12.8 Å². The van der Waals surface area contributed by atoms with Crippen LogP contribution in [0.3, 0.4) is 0 Å². The molecule has 10 heavy (non-hydrogen) atoms. The average molecular weight is 142 g/mol. The molecule has 0 aliphatic carbocycles. The predicted octanol–water partition coefficient (Wildman–Crippen LogP) is 1.11. The van der Waals surface area contributed by atoms with Gasteiger partial charge in [0.25, 0.3) is 0 Å². The minimum Gasteiger partial charge on any atom is -0.391 e. The highest BCUT2D eigenvalue weighted by Gasteiger charge is 1.85. The highest BCUT2D eigenvalue weighted by atomic mass is 14.8. The Hall–Kier alpha value is -0.500. The molecule has 2 nitrogen and oxygen atoms in total. The molecule has 0 atom stereocenters. The van der Waals surface area contributed by atoms with Crippen molar-refractivity contribution >= 4 is 0 Å². The normalized spacial score (nSPS) is 9.30. The van der Waals surface area contributed by atoms with E-state index in [1.54, 1.807) is 6.20 Å². The summed E-state index contributed by atoms with van der Waals surface area (Å²) in [5, 5.41) is 6.19. The van der Waals surface area contributed by atoms with Gasteiger partial charge in [0, 0.05) is 6.54 Å². The van der Waals surface area contributed by atoms with Crippen LogP contribution < -0.4 is 10.6 Å². The summed E-state index contributed by atoms with van der Waals surface area (Å²) < 4.78 is 0. The van der Waals surface area contributed by atoms with Crippen molar-refractivity contribution in [1.82, 2.24) is 10.6 Å². The molecule has 2 heteroatoms. The zero-order valence-electron chi connectivity index (χ0n) is 6.82. The molecule has 0 saturated heterocycles. The van der Waals surface area contributed by atoms with Crippen molar-refractivity contribution in [2.24, 2.45) is 0 Å². The van der Waals surface area contributed by atoms with Crippen LogP contribution in [0.15, 0.2) is 12.8 Å². The van der Waals surface area contributed by atoms with E-state index in [1.165, 1.54) is 19.3 Å². The van der Waals surface area contributed by atoms with Crippen molar-refractivity contribution in [3.8, 4) is 0 Å². The van der Waals surface area contributed by atoms with Gasteiger partial charge in [-0.05, 0) is 32.6 Å². The number of unbranched alkanes of at least 4 members (excludes halogenated alkanes) is 2. The van der Waals surface area contributed by atoms with Crippen molar-refractivity contribution in [2.45, 2.75) is 19.3 Å². The van der Waals surface area contributed by atoms with Crippen molar-refractivity contribution in [3.63, 3.8) is 0 Å². The first kappa shape index (κ1) is 9.50. The molecule has 0 fully saturated rings. The Bertz CT molecular complexity index is 71.7. The van der Waals surface area contributed by atoms with E-state index in [9.17, 15) is 0 Å². The Morgan fingerprint density at radius 1 is 1.20 bits per heavy atom. The molecule has 0 unspecified atom stereocenters. The van der Waals surface area contributed by atoms with Gasteiger partial charge >= 0.3 is 0 Å². The maximum absolute atomic E-state index is 3.57. The van der Waals surface area contributed by atoms with Gasteiger partial charge < -0.3 is 10.6 Å². The van der Waals surface area contributed by atoms with Crippen LogP contribution >= 0.6 is 0 Å². The van der Waals surface area contributed by atoms with Crippen LogP contribution in [0.1, 0.15) is 19.3 Å². The lowest BCUT2D eigenvalue weighted by Crippen LogP contribution is -2.09. The molecular weight excluding hydrogens is 124 g/mol. The van der Waals surface area contributed by atoms with E-state index in [0.29, 0.717) is 0 Å². The highest BCUT2D eigenvalue weighted by Crippen LogP contribution is 1.91. The lowest BCUT2D eigenvalue weighted by atomic mass is 10.2. The molecule has 0 saturated carbocycles. The van der Waals surface area contributed by atoms with Crippen LogP contribution in [0.4, 0.5) is 0 Å². The number of hydrogen-bond acceptors (Lipinski definition) is 2. The third-order valence-electron chi connectivity index (χ3n) is 1.39. The fraction of sp³-hybridized carbons (Fsp3) is 0.750. The summed E-state index contributed by atoms with van der Waals surface area (Å²) in [4.78, 5) is 0. The molecule has 0 aromatic carbocycles. The largest absolute Gasteiger partial charge is 0.391 e. The summed E-state index contributed by atoms with van der Waals surface area (Å²) in [7, 11) is 1.99. The molecule has 0 bridgehead atoms. The summed E-state index contributed by atoms with van der Waals surface area (Å²) >= 11 is 0. The molecule has 0 spiro atoms. The Balaban J connectivity index is 2.70. The second kappa shape index (κ2) is 8.50. The summed E-state index contributed by atoms with van der Waals surface area (Å²) in [5.74, 6) is 0. The quantitative estimate of drug-likeness (QED) is 0.520. The third kappa shape index (κ3) is 7.50. The van der Waals surface area contributed by atoms with Gasteiger partial charge in [0.05, 0.1) is 0 Å². The number of rotatable bonds is 7. The van der Waals surface area contributed by atoms with E-state index in [0.717, 1.165) is 13.1 Å². The maximum atomic E-state index is 3.57. The van der Waals surface area contributed by atoms with Crippen LogP contribution in [0.25, 0.3) is 0 Å². The van der Waals surface area contributed by atoms with E-state index < -0.39 is 0 Å². The van der Waals surface area contributed by atoms with Crippen LogP contribution in [-0.2, 0) is 0 Å². The minimum absolute atomic E-state index is 1.06. The Kier molecular flexibility index (Phi) is 8.07. The van der Waals surface area contributed by atoms with Gasteiger partial charge in [-0.25, -0.2) is 0 Å². The van der Waals surface area contributed by atoms with E-state index in [4.69, 9.17) is 0 Å². The summed E-state index contributed by atoms with van der Waals surface area (Å²) in [6, 6.07) is 0. The molecule has 0 amide bonds. The Morgan fingerprint density at radius 3 is 2.50 bits per heavy atom. The molecule has 0 aliphatic rings. The second-order valence-corrected chi connectivity index (χ2v) is 2.32. The molecule has 0 aliphatic heterocycles. The van der Waals surface area contributed by atoms with Crippen LogP contribution in [0.2, 0.25) is 0 Å². The number of nitrogens with one attached hydrogen (secondary N) is 2. The monoisotopic (exact) mass is 142 g/mol. The molecule has 0 aromatic rings. The van der Waals surface area contributed by atoms with E-state index >= 15 is 0 Å². The highest BCUT2D eigenvalue weighted by molar-refractivity contribution is 4.62. The van der Waals surface area contributed by atoms with Gasteiger partial charge in [-0.1, -0.05) is 13.0 Å². The molecule has 0 aromatic heterocycles. The topological polar surface area (TPSA) is 24.1 Å². The first-order valence-corrected chi connectivity index (χ1v) is 3.90. The standard InChI is InChI=1S/C8H18N2/c1-3-10-8-6-4-5-7-9-2/h3,9-10H,1,4-8H2,2H3. The summed E-state index contributed by atoms with van der Waals surface area (Å²) in [6.07, 6.45) is 5.56. The zero-order valence-corrected chi connectivity index (χ0v) is 6.82. The minimum atomic E-state index is 1.06. The molecule has 0 heterocycles. The van der Waals surface area contributed by atoms with E-state index in [-0.39, 0.29) is 0 Å². The maximum Gasteiger partial charge on any atom is 0.0141 e. The van der Waals surface area contributed by atoms with Crippen LogP contribution in [0.5, 0.6) is 0 Å². The van der Waals surface area contributed by atoms with Crippen LogP contribution in [0, 0.1) is 0 Å². The molecule has 60 valence electrons. The van der Waals surface area contributed by atoms with Crippen molar-refractivity contribution in [2.75, 3.05) is 20.1 Å². The van der Waals surface area contributed by atoms with Gasteiger partial charge in [-0.2, -0.15) is 0 Å².